The molecule has 116 valence electrons. The van der Waals surface area contributed by atoms with Crippen LogP contribution in [0.5, 0.6) is 5.75 Å². The van der Waals surface area contributed by atoms with Gasteiger partial charge in [-0.25, -0.2) is 9.97 Å². The third-order valence-corrected chi connectivity index (χ3v) is 3.17. The van der Waals surface area contributed by atoms with Gasteiger partial charge in [0.2, 0.25) is 11.6 Å². The predicted octanol–water partition coefficient (Wildman–Crippen LogP) is 3.41. The first-order valence-corrected chi connectivity index (χ1v) is 7.41. The Kier molecular flexibility index (Phi) is 4.19. The summed E-state index contributed by atoms with van der Waals surface area (Å²) < 4.78 is 7.31. The normalized spacial score (nSPS) is 11.4. The van der Waals surface area contributed by atoms with E-state index in [0.29, 0.717) is 11.5 Å². The van der Waals surface area contributed by atoms with Gasteiger partial charge < -0.3 is 4.74 Å². The number of fused-ring (bicyclic) bond motifs is 1. The minimum Gasteiger partial charge on any atom is -0.491 e. The minimum absolute atomic E-state index is 0.140. The molecule has 5 heteroatoms. The molecule has 0 aliphatic carbocycles. The Morgan fingerprint density at radius 2 is 2.04 bits per heavy atom. The van der Waals surface area contributed by atoms with Crippen molar-refractivity contribution in [3.8, 4) is 5.75 Å². The van der Waals surface area contributed by atoms with Gasteiger partial charge in [0, 0.05) is 18.6 Å². The average Bonchev–Trinajstić information content (AvgIpc) is 2.97. The van der Waals surface area contributed by atoms with Crippen LogP contribution < -0.4 is 4.74 Å². The van der Waals surface area contributed by atoms with Crippen molar-refractivity contribution in [1.82, 2.24) is 14.4 Å². The molecular formula is C18H17N3O2. The number of aromatic nitrogens is 3. The summed E-state index contributed by atoms with van der Waals surface area (Å²) in [4.78, 5) is 20.5. The molecule has 0 aliphatic heterocycles. The quantitative estimate of drug-likeness (QED) is 0.535. The third-order valence-electron chi connectivity index (χ3n) is 3.17. The molecule has 0 amide bonds. The van der Waals surface area contributed by atoms with Crippen molar-refractivity contribution >= 4 is 17.6 Å². The van der Waals surface area contributed by atoms with Crippen molar-refractivity contribution in [2.24, 2.45) is 0 Å². The van der Waals surface area contributed by atoms with Crippen molar-refractivity contribution in [1.29, 1.82) is 0 Å². The molecule has 23 heavy (non-hydrogen) atoms. The molecule has 0 spiro atoms. The maximum absolute atomic E-state index is 12.2. The van der Waals surface area contributed by atoms with E-state index in [1.54, 1.807) is 28.9 Å². The average molecular weight is 307 g/mol. The number of nitrogens with zero attached hydrogens (tertiary/aromatic N) is 3. The van der Waals surface area contributed by atoms with Gasteiger partial charge in [-0.1, -0.05) is 18.2 Å². The molecule has 5 nitrogen and oxygen atoms in total. The SMILES string of the molecule is CC(C)Oc1ccc(C=CC(=O)c2cn3cccnc3n2)cc1. The van der Waals surface area contributed by atoms with Crippen LogP contribution in [0.15, 0.2) is 55.0 Å². The largest absolute Gasteiger partial charge is 0.491 e. The van der Waals surface area contributed by atoms with Gasteiger partial charge in [0.25, 0.3) is 0 Å². The Morgan fingerprint density at radius 1 is 1.26 bits per heavy atom. The highest BCUT2D eigenvalue weighted by molar-refractivity contribution is 6.05. The molecule has 0 atom stereocenters. The zero-order valence-corrected chi connectivity index (χ0v) is 13.0. The number of allylic oxidation sites excluding steroid dienone is 1. The number of hydrogen-bond donors (Lipinski definition) is 0. The third kappa shape index (κ3) is 3.63. The highest BCUT2D eigenvalue weighted by atomic mass is 16.5. The number of ketones is 1. The van der Waals surface area contributed by atoms with Crippen LogP contribution in [-0.2, 0) is 0 Å². The van der Waals surface area contributed by atoms with Crippen molar-refractivity contribution in [3.63, 3.8) is 0 Å². The van der Waals surface area contributed by atoms with E-state index in [2.05, 4.69) is 9.97 Å². The lowest BCUT2D eigenvalue weighted by Gasteiger charge is -2.09. The van der Waals surface area contributed by atoms with E-state index in [9.17, 15) is 4.79 Å². The number of hydrogen-bond acceptors (Lipinski definition) is 4. The Hall–Kier alpha value is -2.95. The Labute approximate surface area is 134 Å². The number of imidazole rings is 1. The lowest BCUT2D eigenvalue weighted by Crippen LogP contribution is -2.05. The fourth-order valence-corrected chi connectivity index (χ4v) is 2.14. The first-order chi connectivity index (χ1) is 11.1. The van der Waals surface area contributed by atoms with Gasteiger partial charge in [-0.2, -0.15) is 0 Å². The lowest BCUT2D eigenvalue weighted by atomic mass is 10.1. The molecule has 2 aromatic heterocycles. The minimum atomic E-state index is -0.155. The maximum atomic E-state index is 12.2. The second kappa shape index (κ2) is 6.44. The zero-order valence-electron chi connectivity index (χ0n) is 13.0. The van der Waals surface area contributed by atoms with Gasteiger partial charge in [-0.05, 0) is 43.7 Å². The molecule has 0 fully saturated rings. The molecule has 0 saturated carbocycles. The van der Waals surface area contributed by atoms with Gasteiger partial charge in [0.15, 0.2) is 0 Å². The maximum Gasteiger partial charge on any atom is 0.234 e. The summed E-state index contributed by atoms with van der Waals surface area (Å²) in [5, 5.41) is 0. The summed E-state index contributed by atoms with van der Waals surface area (Å²) in [6.07, 6.45) is 8.55. The summed E-state index contributed by atoms with van der Waals surface area (Å²) in [5.74, 6) is 1.17. The zero-order chi connectivity index (χ0) is 16.2. The number of carbonyl (C=O) groups excluding carboxylic acids is 1. The predicted molar refractivity (Wildman–Crippen MR) is 88.6 cm³/mol. The molecule has 0 radical (unpaired) electrons. The summed E-state index contributed by atoms with van der Waals surface area (Å²) >= 11 is 0. The molecule has 2 heterocycles. The van der Waals surface area contributed by atoms with Crippen LogP contribution in [0.4, 0.5) is 0 Å². The van der Waals surface area contributed by atoms with E-state index in [4.69, 9.17) is 4.74 Å². The Morgan fingerprint density at radius 3 is 2.74 bits per heavy atom. The first kappa shape index (κ1) is 15.0. The standard InChI is InChI=1S/C18H17N3O2/c1-13(2)23-15-7-4-14(5-8-15)6-9-17(22)16-12-21-11-3-10-19-18(21)20-16/h3-13H,1-2H3. The molecule has 3 aromatic rings. The molecule has 1 aromatic carbocycles. The lowest BCUT2D eigenvalue weighted by molar-refractivity contribution is 0.104. The highest BCUT2D eigenvalue weighted by Crippen LogP contribution is 2.15. The van der Waals surface area contributed by atoms with E-state index in [-0.39, 0.29) is 11.9 Å². The van der Waals surface area contributed by atoms with E-state index in [1.165, 1.54) is 6.08 Å². The van der Waals surface area contributed by atoms with Gasteiger partial charge in [-0.15, -0.1) is 0 Å². The smallest absolute Gasteiger partial charge is 0.234 e. The number of benzene rings is 1. The first-order valence-electron chi connectivity index (χ1n) is 7.41. The Balaban J connectivity index is 1.72. The second-order valence-electron chi connectivity index (χ2n) is 5.39. The Bertz CT molecular complexity index is 815. The monoisotopic (exact) mass is 307 g/mol. The molecule has 0 aliphatic rings. The van der Waals surface area contributed by atoms with Crippen molar-refractivity contribution in [2.75, 3.05) is 0 Å². The summed E-state index contributed by atoms with van der Waals surface area (Å²) in [6.45, 7) is 3.96. The van der Waals surface area contributed by atoms with Crippen molar-refractivity contribution in [3.05, 3.63) is 66.3 Å². The van der Waals surface area contributed by atoms with E-state index < -0.39 is 0 Å². The van der Waals surface area contributed by atoms with Crippen LogP contribution in [0.3, 0.4) is 0 Å². The van der Waals surface area contributed by atoms with Gasteiger partial charge in [-0.3, -0.25) is 9.20 Å². The number of rotatable bonds is 5. The van der Waals surface area contributed by atoms with E-state index in [1.807, 2.05) is 44.3 Å². The highest BCUT2D eigenvalue weighted by Gasteiger charge is 2.08. The van der Waals surface area contributed by atoms with Crippen LogP contribution in [0.2, 0.25) is 0 Å². The van der Waals surface area contributed by atoms with Gasteiger partial charge in [0.05, 0.1) is 6.10 Å². The van der Waals surface area contributed by atoms with Crippen LogP contribution in [0.1, 0.15) is 29.9 Å². The van der Waals surface area contributed by atoms with E-state index >= 15 is 0 Å². The van der Waals surface area contributed by atoms with Crippen molar-refractivity contribution in [2.45, 2.75) is 20.0 Å². The van der Waals surface area contributed by atoms with Crippen LogP contribution in [0, 0.1) is 0 Å². The molecule has 0 bridgehead atoms. The molecule has 0 N–H and O–H groups in total. The van der Waals surface area contributed by atoms with Crippen LogP contribution in [0.25, 0.3) is 11.9 Å². The fraction of sp³-hybridized carbons (Fsp3) is 0.167. The van der Waals surface area contributed by atoms with Crippen molar-refractivity contribution < 1.29 is 9.53 Å². The van der Waals surface area contributed by atoms with E-state index in [0.717, 1.165) is 11.3 Å². The second-order valence-corrected chi connectivity index (χ2v) is 5.39. The van der Waals surface area contributed by atoms with Gasteiger partial charge in [0.1, 0.15) is 11.4 Å². The summed E-state index contributed by atoms with van der Waals surface area (Å²) in [6, 6.07) is 9.39. The molecule has 3 rings (SSSR count). The summed E-state index contributed by atoms with van der Waals surface area (Å²) in [7, 11) is 0. The number of ether oxygens (including phenoxy) is 1. The fourth-order valence-electron chi connectivity index (χ4n) is 2.14. The number of carbonyl (C=O) groups is 1. The summed E-state index contributed by atoms with van der Waals surface area (Å²) in [5.41, 5.74) is 1.30. The molecule has 0 saturated heterocycles. The van der Waals surface area contributed by atoms with Crippen LogP contribution >= 0.6 is 0 Å². The van der Waals surface area contributed by atoms with Gasteiger partial charge >= 0.3 is 0 Å². The topological polar surface area (TPSA) is 56.5 Å². The molecular weight excluding hydrogens is 290 g/mol. The van der Waals surface area contributed by atoms with Crippen LogP contribution in [-0.4, -0.2) is 26.3 Å². The molecule has 0 unspecified atom stereocenters.